The van der Waals surface area contributed by atoms with Gasteiger partial charge >= 0.3 is 0 Å². The monoisotopic (exact) mass is 287 g/mol. The molecule has 2 aromatic carbocycles. The van der Waals surface area contributed by atoms with Crippen LogP contribution in [-0.2, 0) is 11.2 Å². The van der Waals surface area contributed by atoms with E-state index in [0.717, 1.165) is 11.3 Å². The Hall–Kier alpha value is -2.36. The fourth-order valence-electron chi connectivity index (χ4n) is 2.08. The van der Waals surface area contributed by atoms with Gasteiger partial charge in [0.15, 0.2) is 11.6 Å². The molecule has 0 spiro atoms. The summed E-state index contributed by atoms with van der Waals surface area (Å²) in [6, 6.07) is 14.2. The molecule has 0 aliphatic carbocycles. The van der Waals surface area contributed by atoms with Crippen LogP contribution in [0.25, 0.3) is 0 Å². The lowest BCUT2D eigenvalue weighted by atomic mass is 10.1. The highest BCUT2D eigenvalue weighted by atomic mass is 19.1. The van der Waals surface area contributed by atoms with E-state index in [0.29, 0.717) is 12.8 Å². The normalized spacial score (nSPS) is 10.2. The molecule has 0 radical (unpaired) electrons. The molecule has 0 aliphatic heterocycles. The van der Waals surface area contributed by atoms with Crippen LogP contribution >= 0.6 is 0 Å². The molecule has 0 fully saturated rings. The number of methoxy groups -OCH3 is 1. The van der Waals surface area contributed by atoms with Gasteiger partial charge in [-0.25, -0.2) is 4.39 Å². The second-order valence-corrected chi connectivity index (χ2v) is 4.76. The average Bonchev–Trinajstić information content (AvgIpc) is 2.52. The number of hydrogen-bond acceptors (Lipinski definition) is 2. The van der Waals surface area contributed by atoms with E-state index in [-0.39, 0.29) is 11.7 Å². The third kappa shape index (κ3) is 3.81. The van der Waals surface area contributed by atoms with Crippen LogP contribution in [0.15, 0.2) is 48.5 Å². The van der Waals surface area contributed by atoms with Crippen LogP contribution in [-0.4, -0.2) is 20.1 Å². The average molecular weight is 287 g/mol. The van der Waals surface area contributed by atoms with Gasteiger partial charge in [0.2, 0.25) is 5.91 Å². The number of ether oxygens (including phenoxy) is 1. The van der Waals surface area contributed by atoms with Gasteiger partial charge in [-0.2, -0.15) is 0 Å². The highest BCUT2D eigenvalue weighted by Gasteiger charge is 2.11. The number of carbonyl (C=O) groups excluding carboxylic acids is 1. The van der Waals surface area contributed by atoms with Crippen LogP contribution in [0, 0.1) is 5.82 Å². The summed E-state index contributed by atoms with van der Waals surface area (Å²) in [7, 11) is 3.17. The minimum atomic E-state index is -0.404. The second kappa shape index (κ2) is 6.88. The second-order valence-electron chi connectivity index (χ2n) is 4.76. The number of amides is 1. The summed E-state index contributed by atoms with van der Waals surface area (Å²) in [5, 5.41) is 0. The van der Waals surface area contributed by atoms with E-state index in [4.69, 9.17) is 4.74 Å². The Labute approximate surface area is 124 Å². The van der Waals surface area contributed by atoms with Gasteiger partial charge in [-0.1, -0.05) is 24.3 Å². The number of para-hydroxylation sites is 1. The summed E-state index contributed by atoms with van der Waals surface area (Å²) in [6.07, 6.45) is 0.827. The number of nitrogens with zero attached hydrogens (tertiary/aromatic N) is 1. The lowest BCUT2D eigenvalue weighted by Gasteiger charge is -2.17. The van der Waals surface area contributed by atoms with Crippen molar-refractivity contribution in [1.29, 1.82) is 0 Å². The molecular formula is C17H18FNO2. The standard InChI is InChI=1S/C17H18FNO2/c1-19(14-6-4-3-5-7-14)17(20)11-9-13-8-10-16(21-2)15(18)12-13/h3-8,10,12H,9,11H2,1-2H3. The minimum Gasteiger partial charge on any atom is -0.494 e. The third-order valence-electron chi connectivity index (χ3n) is 3.36. The Morgan fingerprint density at radius 2 is 1.90 bits per heavy atom. The molecule has 0 heterocycles. The predicted octanol–water partition coefficient (Wildman–Crippen LogP) is 3.43. The molecule has 3 nitrogen and oxygen atoms in total. The molecule has 0 saturated heterocycles. The van der Waals surface area contributed by atoms with Gasteiger partial charge in [-0.05, 0) is 36.2 Å². The number of carbonyl (C=O) groups is 1. The van der Waals surface area contributed by atoms with E-state index in [1.807, 2.05) is 30.3 Å². The molecule has 0 unspecified atom stereocenters. The number of benzene rings is 2. The number of anilines is 1. The molecule has 21 heavy (non-hydrogen) atoms. The Morgan fingerprint density at radius 1 is 1.19 bits per heavy atom. The third-order valence-corrected chi connectivity index (χ3v) is 3.36. The van der Waals surface area contributed by atoms with Gasteiger partial charge < -0.3 is 9.64 Å². The first-order valence-corrected chi connectivity index (χ1v) is 6.76. The van der Waals surface area contributed by atoms with Gasteiger partial charge in [-0.15, -0.1) is 0 Å². The summed E-state index contributed by atoms with van der Waals surface area (Å²) < 4.78 is 18.4. The molecular weight excluding hydrogens is 269 g/mol. The lowest BCUT2D eigenvalue weighted by Crippen LogP contribution is -2.26. The molecule has 2 aromatic rings. The maximum atomic E-state index is 13.6. The summed E-state index contributed by atoms with van der Waals surface area (Å²) in [5.41, 5.74) is 1.63. The highest BCUT2D eigenvalue weighted by molar-refractivity contribution is 5.92. The maximum absolute atomic E-state index is 13.6. The number of halogens is 1. The molecule has 0 N–H and O–H groups in total. The van der Waals surface area contributed by atoms with Crippen molar-refractivity contribution in [2.24, 2.45) is 0 Å². The highest BCUT2D eigenvalue weighted by Crippen LogP contribution is 2.19. The topological polar surface area (TPSA) is 29.5 Å². The summed E-state index contributed by atoms with van der Waals surface area (Å²) in [5.74, 6) is -0.192. The van der Waals surface area contributed by atoms with Crippen molar-refractivity contribution in [1.82, 2.24) is 0 Å². The smallest absolute Gasteiger partial charge is 0.227 e. The summed E-state index contributed by atoms with van der Waals surface area (Å²) in [4.78, 5) is 13.7. The molecule has 0 bridgehead atoms. The first-order chi connectivity index (χ1) is 10.1. The number of rotatable bonds is 5. The van der Waals surface area contributed by atoms with E-state index in [2.05, 4.69) is 0 Å². The molecule has 0 aromatic heterocycles. The van der Waals surface area contributed by atoms with Crippen LogP contribution in [0.1, 0.15) is 12.0 Å². The van der Waals surface area contributed by atoms with Crippen molar-refractivity contribution in [3.8, 4) is 5.75 Å². The predicted molar refractivity (Wildman–Crippen MR) is 81.1 cm³/mol. The Kier molecular flexibility index (Phi) is 4.93. The van der Waals surface area contributed by atoms with Gasteiger partial charge in [0.1, 0.15) is 0 Å². The Bertz CT molecular complexity index is 613. The maximum Gasteiger partial charge on any atom is 0.227 e. The minimum absolute atomic E-state index is 0.00238. The van der Waals surface area contributed by atoms with Crippen LogP contribution in [0.5, 0.6) is 5.75 Å². The molecule has 0 aliphatic rings. The molecule has 1 amide bonds. The zero-order valence-corrected chi connectivity index (χ0v) is 12.2. The summed E-state index contributed by atoms with van der Waals surface area (Å²) >= 11 is 0. The van der Waals surface area contributed by atoms with Crippen molar-refractivity contribution in [3.05, 3.63) is 59.9 Å². The fraction of sp³-hybridized carbons (Fsp3) is 0.235. The van der Waals surface area contributed by atoms with Crippen molar-refractivity contribution in [3.63, 3.8) is 0 Å². The zero-order chi connectivity index (χ0) is 15.2. The fourth-order valence-corrected chi connectivity index (χ4v) is 2.08. The SMILES string of the molecule is COc1ccc(CCC(=O)N(C)c2ccccc2)cc1F. The molecule has 110 valence electrons. The van der Waals surface area contributed by atoms with Gasteiger partial charge in [0.05, 0.1) is 7.11 Å². The van der Waals surface area contributed by atoms with Gasteiger partial charge in [0, 0.05) is 19.2 Å². The quantitative estimate of drug-likeness (QED) is 0.843. The Balaban J connectivity index is 1.96. The van der Waals surface area contributed by atoms with Crippen LogP contribution in [0.2, 0.25) is 0 Å². The molecule has 2 rings (SSSR count). The summed E-state index contributed by atoms with van der Waals surface area (Å²) in [6.45, 7) is 0. The van der Waals surface area contributed by atoms with E-state index in [1.54, 1.807) is 24.1 Å². The molecule has 0 atom stereocenters. The van der Waals surface area contributed by atoms with Gasteiger partial charge in [-0.3, -0.25) is 4.79 Å². The van der Waals surface area contributed by atoms with Crippen LogP contribution in [0.3, 0.4) is 0 Å². The van der Waals surface area contributed by atoms with Crippen molar-refractivity contribution in [2.45, 2.75) is 12.8 Å². The molecule has 0 saturated carbocycles. The zero-order valence-electron chi connectivity index (χ0n) is 12.2. The molecule has 4 heteroatoms. The van der Waals surface area contributed by atoms with E-state index in [9.17, 15) is 9.18 Å². The van der Waals surface area contributed by atoms with E-state index < -0.39 is 5.82 Å². The van der Waals surface area contributed by atoms with Crippen LogP contribution < -0.4 is 9.64 Å². The van der Waals surface area contributed by atoms with Crippen molar-refractivity contribution >= 4 is 11.6 Å². The number of hydrogen-bond donors (Lipinski definition) is 0. The van der Waals surface area contributed by atoms with Crippen LogP contribution in [0.4, 0.5) is 10.1 Å². The first kappa shape index (κ1) is 15.0. The van der Waals surface area contributed by atoms with Gasteiger partial charge in [0.25, 0.3) is 0 Å². The first-order valence-electron chi connectivity index (χ1n) is 6.76. The number of aryl methyl sites for hydroxylation is 1. The van der Waals surface area contributed by atoms with E-state index >= 15 is 0 Å². The van der Waals surface area contributed by atoms with Crippen molar-refractivity contribution in [2.75, 3.05) is 19.1 Å². The van der Waals surface area contributed by atoms with E-state index in [1.165, 1.54) is 13.2 Å². The lowest BCUT2D eigenvalue weighted by molar-refractivity contribution is -0.118. The van der Waals surface area contributed by atoms with Crippen molar-refractivity contribution < 1.29 is 13.9 Å². The largest absolute Gasteiger partial charge is 0.494 e. The Morgan fingerprint density at radius 3 is 2.52 bits per heavy atom.